The van der Waals surface area contributed by atoms with Gasteiger partial charge in [0.25, 0.3) is 0 Å². The Hall–Kier alpha value is -1.44. The molecule has 1 aromatic carbocycles. The van der Waals surface area contributed by atoms with Gasteiger partial charge in [0.05, 0.1) is 10.9 Å². The molecule has 21 heavy (non-hydrogen) atoms. The number of primary sulfonamides is 1. The van der Waals surface area contributed by atoms with Crippen LogP contribution in [0.3, 0.4) is 0 Å². The molecule has 116 valence electrons. The SMILES string of the molecule is Cc1ccc(NC(=O)C2CCCCCN2)cc1S(N)(=O)=O. The van der Waals surface area contributed by atoms with Crippen LogP contribution >= 0.6 is 0 Å². The maximum atomic E-state index is 12.2. The van der Waals surface area contributed by atoms with Crippen molar-refractivity contribution in [3.8, 4) is 0 Å². The molecule has 0 saturated carbocycles. The first kappa shape index (κ1) is 15.9. The monoisotopic (exact) mass is 311 g/mol. The lowest BCUT2D eigenvalue weighted by Crippen LogP contribution is -2.39. The van der Waals surface area contributed by atoms with E-state index in [1.54, 1.807) is 19.1 Å². The predicted octanol–water partition coefficient (Wildman–Crippen LogP) is 1.11. The van der Waals surface area contributed by atoms with Crippen LogP contribution in [0.15, 0.2) is 23.1 Å². The van der Waals surface area contributed by atoms with Gasteiger partial charge in [-0.3, -0.25) is 4.79 Å². The fourth-order valence-electron chi connectivity index (χ4n) is 2.47. The molecule has 1 atom stereocenters. The van der Waals surface area contributed by atoms with Crippen molar-refractivity contribution in [2.45, 2.75) is 43.5 Å². The number of amides is 1. The third-order valence-corrected chi connectivity index (χ3v) is 4.69. The zero-order chi connectivity index (χ0) is 15.5. The molecule has 1 heterocycles. The van der Waals surface area contributed by atoms with Crippen LogP contribution in [0.25, 0.3) is 0 Å². The Morgan fingerprint density at radius 1 is 1.33 bits per heavy atom. The van der Waals surface area contributed by atoms with Gasteiger partial charge in [0.1, 0.15) is 0 Å². The van der Waals surface area contributed by atoms with Gasteiger partial charge in [0, 0.05) is 5.69 Å². The van der Waals surface area contributed by atoms with Crippen LogP contribution < -0.4 is 15.8 Å². The molecular formula is C14H21N3O3S. The van der Waals surface area contributed by atoms with Crippen molar-refractivity contribution in [3.63, 3.8) is 0 Å². The molecule has 0 radical (unpaired) electrons. The van der Waals surface area contributed by atoms with Crippen molar-refractivity contribution < 1.29 is 13.2 Å². The van der Waals surface area contributed by atoms with Crippen molar-refractivity contribution in [1.82, 2.24) is 5.32 Å². The number of aryl methyl sites for hydroxylation is 1. The van der Waals surface area contributed by atoms with Gasteiger partial charge in [-0.15, -0.1) is 0 Å². The van der Waals surface area contributed by atoms with E-state index in [9.17, 15) is 13.2 Å². The van der Waals surface area contributed by atoms with E-state index in [4.69, 9.17) is 5.14 Å². The Balaban J connectivity index is 2.14. The highest BCUT2D eigenvalue weighted by Crippen LogP contribution is 2.19. The van der Waals surface area contributed by atoms with Crippen molar-refractivity contribution in [2.24, 2.45) is 5.14 Å². The summed E-state index contributed by atoms with van der Waals surface area (Å²) in [5.41, 5.74) is 1.00. The third-order valence-electron chi connectivity index (χ3n) is 3.64. The molecule has 0 aliphatic carbocycles. The molecule has 7 heteroatoms. The molecule has 1 saturated heterocycles. The molecule has 1 amide bonds. The maximum absolute atomic E-state index is 12.2. The summed E-state index contributed by atoms with van der Waals surface area (Å²) in [7, 11) is -3.79. The highest BCUT2D eigenvalue weighted by molar-refractivity contribution is 7.89. The van der Waals surface area contributed by atoms with Gasteiger partial charge in [-0.2, -0.15) is 0 Å². The summed E-state index contributed by atoms with van der Waals surface area (Å²) in [4.78, 5) is 12.2. The minimum absolute atomic E-state index is 0.0362. The van der Waals surface area contributed by atoms with E-state index in [1.807, 2.05) is 0 Å². The lowest BCUT2D eigenvalue weighted by Gasteiger charge is -2.16. The lowest BCUT2D eigenvalue weighted by atomic mass is 10.1. The first-order valence-electron chi connectivity index (χ1n) is 7.05. The fraction of sp³-hybridized carbons (Fsp3) is 0.500. The molecule has 0 bridgehead atoms. The minimum atomic E-state index is -3.79. The van der Waals surface area contributed by atoms with Crippen molar-refractivity contribution >= 4 is 21.6 Å². The van der Waals surface area contributed by atoms with Gasteiger partial charge >= 0.3 is 0 Å². The smallest absolute Gasteiger partial charge is 0.241 e. The van der Waals surface area contributed by atoms with Crippen LogP contribution in [0.4, 0.5) is 5.69 Å². The van der Waals surface area contributed by atoms with Gasteiger partial charge < -0.3 is 10.6 Å². The van der Waals surface area contributed by atoms with Crippen LogP contribution in [0.2, 0.25) is 0 Å². The van der Waals surface area contributed by atoms with Gasteiger partial charge in [-0.25, -0.2) is 13.6 Å². The molecule has 6 nitrogen and oxygen atoms in total. The first-order valence-corrected chi connectivity index (χ1v) is 8.60. The summed E-state index contributed by atoms with van der Waals surface area (Å²) < 4.78 is 23.0. The number of anilines is 1. The van der Waals surface area contributed by atoms with E-state index in [-0.39, 0.29) is 16.8 Å². The zero-order valence-corrected chi connectivity index (χ0v) is 12.9. The Morgan fingerprint density at radius 3 is 2.81 bits per heavy atom. The number of rotatable bonds is 3. The molecule has 4 N–H and O–H groups in total. The van der Waals surface area contributed by atoms with E-state index >= 15 is 0 Å². The first-order chi connectivity index (χ1) is 9.88. The number of sulfonamides is 1. The summed E-state index contributed by atoms with van der Waals surface area (Å²) >= 11 is 0. The molecule has 1 fully saturated rings. The normalized spacial score (nSPS) is 19.8. The summed E-state index contributed by atoms with van der Waals surface area (Å²) in [5.74, 6) is -0.138. The number of carbonyl (C=O) groups is 1. The Labute approximate surface area is 125 Å². The second-order valence-corrected chi connectivity index (χ2v) is 6.90. The quantitative estimate of drug-likeness (QED) is 0.778. The van der Waals surface area contributed by atoms with Crippen molar-refractivity contribution in [2.75, 3.05) is 11.9 Å². The lowest BCUT2D eigenvalue weighted by molar-refractivity contribution is -0.118. The van der Waals surface area contributed by atoms with Crippen molar-refractivity contribution in [3.05, 3.63) is 23.8 Å². The second-order valence-electron chi connectivity index (χ2n) is 5.37. The van der Waals surface area contributed by atoms with Crippen molar-refractivity contribution in [1.29, 1.82) is 0 Å². The highest BCUT2D eigenvalue weighted by Gasteiger charge is 2.20. The molecule has 1 aliphatic rings. The number of nitrogens with one attached hydrogen (secondary N) is 2. The molecule has 0 spiro atoms. The summed E-state index contributed by atoms with van der Waals surface area (Å²) in [6.07, 6.45) is 4.00. The Bertz CT molecular complexity index is 620. The molecular weight excluding hydrogens is 290 g/mol. The third kappa shape index (κ3) is 4.26. The number of nitrogens with two attached hydrogens (primary N) is 1. The van der Waals surface area contributed by atoms with Crippen LogP contribution in [-0.2, 0) is 14.8 Å². The van der Waals surface area contributed by atoms with Gasteiger partial charge in [-0.1, -0.05) is 18.9 Å². The standard InChI is InChI=1S/C14H21N3O3S/c1-10-6-7-11(9-13(10)21(15,19)20)17-14(18)12-5-3-2-4-8-16-12/h6-7,9,12,16H,2-5,8H2,1H3,(H,17,18)(H2,15,19,20). The van der Waals surface area contributed by atoms with Gasteiger partial charge in [-0.05, 0) is 44.0 Å². The Morgan fingerprint density at radius 2 is 2.10 bits per heavy atom. The van der Waals surface area contributed by atoms with E-state index < -0.39 is 10.0 Å². The summed E-state index contributed by atoms with van der Waals surface area (Å²) in [6.45, 7) is 2.49. The second kappa shape index (κ2) is 6.55. The van der Waals surface area contributed by atoms with Gasteiger partial charge in [0.15, 0.2) is 0 Å². The highest BCUT2D eigenvalue weighted by atomic mass is 32.2. The maximum Gasteiger partial charge on any atom is 0.241 e. The predicted molar refractivity (Wildman–Crippen MR) is 81.4 cm³/mol. The molecule has 2 rings (SSSR count). The minimum Gasteiger partial charge on any atom is -0.325 e. The Kier molecular flexibility index (Phi) is 4.97. The largest absolute Gasteiger partial charge is 0.325 e. The van der Waals surface area contributed by atoms with Crippen LogP contribution in [0.1, 0.15) is 31.2 Å². The van der Waals surface area contributed by atoms with E-state index in [0.717, 1.165) is 32.2 Å². The molecule has 1 unspecified atom stereocenters. The topological polar surface area (TPSA) is 101 Å². The van der Waals surface area contributed by atoms with Crippen LogP contribution in [0.5, 0.6) is 0 Å². The summed E-state index contributed by atoms with van der Waals surface area (Å²) in [5, 5.41) is 11.1. The number of benzene rings is 1. The van der Waals surface area contributed by atoms with Crippen LogP contribution in [-0.4, -0.2) is 26.9 Å². The number of hydrogen-bond donors (Lipinski definition) is 3. The molecule has 0 aromatic heterocycles. The number of hydrogen-bond acceptors (Lipinski definition) is 4. The van der Waals surface area contributed by atoms with Crippen LogP contribution in [0, 0.1) is 6.92 Å². The average Bonchev–Trinajstić information content (AvgIpc) is 2.68. The average molecular weight is 311 g/mol. The molecule has 1 aromatic rings. The molecule has 1 aliphatic heterocycles. The van der Waals surface area contributed by atoms with E-state index in [2.05, 4.69) is 10.6 Å². The fourth-order valence-corrected chi connectivity index (χ4v) is 3.27. The summed E-state index contributed by atoms with van der Waals surface area (Å²) in [6, 6.07) is 4.49. The van der Waals surface area contributed by atoms with Gasteiger partial charge in [0.2, 0.25) is 15.9 Å². The number of carbonyl (C=O) groups excluding carboxylic acids is 1. The zero-order valence-electron chi connectivity index (χ0n) is 12.1. The van der Waals surface area contributed by atoms with E-state index in [0.29, 0.717) is 11.3 Å². The van der Waals surface area contributed by atoms with E-state index in [1.165, 1.54) is 6.07 Å².